The van der Waals surface area contributed by atoms with Crippen molar-refractivity contribution in [2.45, 2.75) is 25.8 Å². The highest BCUT2D eigenvalue weighted by molar-refractivity contribution is 5.97. The number of anilines is 1. The number of carbonyl (C=O) groups excluding carboxylic acids is 1. The molecule has 16 heavy (non-hydrogen) atoms. The number of amides is 1. The van der Waals surface area contributed by atoms with E-state index < -0.39 is 5.54 Å². The number of carbonyl (C=O) groups is 1. The maximum Gasteiger partial charge on any atom is 0.243 e. The van der Waals surface area contributed by atoms with Gasteiger partial charge in [0.1, 0.15) is 0 Å². The lowest BCUT2D eigenvalue weighted by atomic mass is 10.1. The average molecular weight is 217 g/mol. The zero-order valence-electron chi connectivity index (χ0n) is 9.45. The molecule has 84 valence electrons. The first-order valence-electron chi connectivity index (χ1n) is 4.99. The molecule has 1 rings (SSSR count). The van der Waals surface area contributed by atoms with Crippen LogP contribution in [-0.2, 0) is 11.2 Å². The van der Waals surface area contributed by atoms with Crippen LogP contribution in [0.3, 0.4) is 0 Å². The molecule has 0 unspecified atom stereocenters. The smallest absolute Gasteiger partial charge is 0.243 e. The van der Waals surface area contributed by atoms with Crippen LogP contribution in [0.2, 0.25) is 0 Å². The fourth-order valence-corrected chi connectivity index (χ4v) is 1.09. The van der Waals surface area contributed by atoms with E-state index in [1.165, 1.54) is 0 Å². The summed E-state index contributed by atoms with van der Waals surface area (Å²) in [5.74, 6) is -0.236. The van der Waals surface area contributed by atoms with E-state index in [2.05, 4.69) is 11.4 Å². The number of nitriles is 1. The van der Waals surface area contributed by atoms with Crippen LogP contribution in [0, 0.1) is 11.3 Å². The summed E-state index contributed by atoms with van der Waals surface area (Å²) in [6.07, 6.45) is 0.372. The molecule has 3 N–H and O–H groups in total. The van der Waals surface area contributed by atoms with Crippen molar-refractivity contribution in [3.8, 4) is 6.07 Å². The van der Waals surface area contributed by atoms with Crippen molar-refractivity contribution < 1.29 is 4.79 Å². The quantitative estimate of drug-likeness (QED) is 0.803. The molecule has 0 saturated carbocycles. The maximum absolute atomic E-state index is 11.6. The lowest BCUT2D eigenvalue weighted by Gasteiger charge is -2.17. The Morgan fingerprint density at radius 2 is 2.00 bits per heavy atom. The largest absolute Gasteiger partial charge is 0.325 e. The second-order valence-corrected chi connectivity index (χ2v) is 4.21. The molecule has 0 spiro atoms. The monoisotopic (exact) mass is 217 g/mol. The summed E-state index contributed by atoms with van der Waals surface area (Å²) in [5, 5.41) is 11.2. The number of nitrogens with zero attached hydrogens (tertiary/aromatic N) is 1. The van der Waals surface area contributed by atoms with Gasteiger partial charge in [-0.1, -0.05) is 12.1 Å². The predicted octanol–water partition coefficient (Wildman–Crippen LogP) is 1.43. The van der Waals surface area contributed by atoms with Crippen molar-refractivity contribution in [3.63, 3.8) is 0 Å². The fourth-order valence-electron chi connectivity index (χ4n) is 1.09. The van der Waals surface area contributed by atoms with Crippen LogP contribution in [0.5, 0.6) is 0 Å². The Balaban J connectivity index is 2.70. The molecule has 0 bridgehead atoms. The van der Waals surface area contributed by atoms with Crippen LogP contribution in [0.15, 0.2) is 24.3 Å². The number of hydrogen-bond acceptors (Lipinski definition) is 3. The number of benzene rings is 1. The zero-order valence-corrected chi connectivity index (χ0v) is 9.45. The van der Waals surface area contributed by atoms with Gasteiger partial charge < -0.3 is 11.1 Å². The molecule has 0 aliphatic heterocycles. The van der Waals surface area contributed by atoms with Crippen molar-refractivity contribution >= 4 is 11.6 Å². The summed E-state index contributed by atoms with van der Waals surface area (Å²) in [7, 11) is 0. The van der Waals surface area contributed by atoms with Crippen molar-refractivity contribution in [2.75, 3.05) is 5.32 Å². The Morgan fingerprint density at radius 1 is 1.44 bits per heavy atom. The molecule has 1 aromatic carbocycles. The molecule has 4 heteroatoms. The van der Waals surface area contributed by atoms with E-state index in [0.717, 1.165) is 5.56 Å². The normalized spacial score (nSPS) is 10.6. The minimum Gasteiger partial charge on any atom is -0.325 e. The highest BCUT2D eigenvalue weighted by Crippen LogP contribution is 2.11. The first-order chi connectivity index (χ1) is 7.43. The second kappa shape index (κ2) is 4.77. The van der Waals surface area contributed by atoms with Gasteiger partial charge in [0.2, 0.25) is 5.91 Å². The predicted molar refractivity (Wildman–Crippen MR) is 62.7 cm³/mol. The maximum atomic E-state index is 11.6. The summed E-state index contributed by atoms with van der Waals surface area (Å²) in [6.45, 7) is 3.29. The molecule has 0 atom stereocenters. The van der Waals surface area contributed by atoms with Gasteiger partial charge in [0.15, 0.2) is 0 Å². The summed E-state index contributed by atoms with van der Waals surface area (Å²) in [5.41, 5.74) is 6.36. The summed E-state index contributed by atoms with van der Waals surface area (Å²) in [6, 6.07) is 9.20. The van der Waals surface area contributed by atoms with Crippen LogP contribution < -0.4 is 11.1 Å². The Hall–Kier alpha value is -1.86. The van der Waals surface area contributed by atoms with Crippen LogP contribution in [0.25, 0.3) is 0 Å². The van der Waals surface area contributed by atoms with Crippen molar-refractivity contribution in [3.05, 3.63) is 29.8 Å². The molecule has 0 saturated heterocycles. The van der Waals surface area contributed by atoms with Gasteiger partial charge in [-0.25, -0.2) is 0 Å². The molecule has 0 aromatic heterocycles. The first kappa shape index (κ1) is 12.2. The van der Waals surface area contributed by atoms with E-state index in [1.54, 1.807) is 26.0 Å². The van der Waals surface area contributed by atoms with Gasteiger partial charge in [-0.3, -0.25) is 4.79 Å². The minimum absolute atomic E-state index is 0.236. The van der Waals surface area contributed by atoms with E-state index in [4.69, 9.17) is 11.0 Å². The number of rotatable bonds is 3. The first-order valence-corrected chi connectivity index (χ1v) is 4.99. The molecule has 0 heterocycles. The van der Waals surface area contributed by atoms with Crippen molar-refractivity contribution in [2.24, 2.45) is 5.73 Å². The zero-order chi connectivity index (χ0) is 12.2. The van der Waals surface area contributed by atoms with Gasteiger partial charge in [0, 0.05) is 5.69 Å². The Labute approximate surface area is 95.1 Å². The van der Waals surface area contributed by atoms with Crippen molar-refractivity contribution in [1.82, 2.24) is 0 Å². The minimum atomic E-state index is -0.897. The molecule has 0 fully saturated rings. The lowest BCUT2D eigenvalue weighted by molar-refractivity contribution is -0.120. The molecule has 1 aromatic rings. The van der Waals surface area contributed by atoms with Crippen molar-refractivity contribution in [1.29, 1.82) is 5.26 Å². The number of nitrogens with one attached hydrogen (secondary N) is 1. The van der Waals surface area contributed by atoms with E-state index >= 15 is 0 Å². The van der Waals surface area contributed by atoms with E-state index in [1.807, 2.05) is 12.1 Å². The molecular weight excluding hydrogens is 202 g/mol. The number of nitrogens with two attached hydrogens (primary N) is 1. The van der Waals surface area contributed by atoms with Gasteiger partial charge in [-0.15, -0.1) is 0 Å². The fraction of sp³-hybridized carbons (Fsp3) is 0.333. The summed E-state index contributed by atoms with van der Waals surface area (Å²) >= 11 is 0. The molecular formula is C12H15N3O. The molecule has 0 aliphatic carbocycles. The Morgan fingerprint density at radius 3 is 2.44 bits per heavy atom. The van der Waals surface area contributed by atoms with Crippen LogP contribution in [-0.4, -0.2) is 11.4 Å². The van der Waals surface area contributed by atoms with E-state index in [0.29, 0.717) is 12.1 Å². The van der Waals surface area contributed by atoms with Gasteiger partial charge >= 0.3 is 0 Å². The highest BCUT2D eigenvalue weighted by atomic mass is 16.2. The van der Waals surface area contributed by atoms with Gasteiger partial charge in [-0.05, 0) is 31.5 Å². The third-order valence-electron chi connectivity index (χ3n) is 2.08. The SMILES string of the molecule is CC(C)(N)C(=O)Nc1ccc(CC#N)cc1. The third kappa shape index (κ3) is 3.37. The average Bonchev–Trinajstić information content (AvgIpc) is 2.20. The standard InChI is InChI=1S/C12H15N3O/c1-12(2,14)11(16)15-10-5-3-9(4-6-10)7-8-13/h3-6H,7,14H2,1-2H3,(H,15,16). The lowest BCUT2D eigenvalue weighted by Crippen LogP contribution is -2.45. The van der Waals surface area contributed by atoms with E-state index in [-0.39, 0.29) is 5.91 Å². The highest BCUT2D eigenvalue weighted by Gasteiger charge is 2.21. The van der Waals surface area contributed by atoms with Gasteiger partial charge in [-0.2, -0.15) is 5.26 Å². The molecule has 1 amide bonds. The van der Waals surface area contributed by atoms with Gasteiger partial charge in [0.25, 0.3) is 0 Å². The third-order valence-corrected chi connectivity index (χ3v) is 2.08. The summed E-state index contributed by atoms with van der Waals surface area (Å²) in [4.78, 5) is 11.6. The number of hydrogen-bond donors (Lipinski definition) is 2. The molecule has 4 nitrogen and oxygen atoms in total. The Bertz CT molecular complexity index is 409. The molecule has 0 aliphatic rings. The second-order valence-electron chi connectivity index (χ2n) is 4.21. The van der Waals surface area contributed by atoms with Gasteiger partial charge in [0.05, 0.1) is 18.0 Å². The van der Waals surface area contributed by atoms with Crippen LogP contribution in [0.1, 0.15) is 19.4 Å². The van der Waals surface area contributed by atoms with Crippen LogP contribution in [0.4, 0.5) is 5.69 Å². The van der Waals surface area contributed by atoms with E-state index in [9.17, 15) is 4.79 Å². The summed E-state index contributed by atoms with van der Waals surface area (Å²) < 4.78 is 0. The molecule has 0 radical (unpaired) electrons. The van der Waals surface area contributed by atoms with Crippen LogP contribution >= 0.6 is 0 Å². The topological polar surface area (TPSA) is 78.9 Å². The Kier molecular flexibility index (Phi) is 3.64.